The van der Waals surface area contributed by atoms with E-state index >= 15 is 0 Å². The molecule has 2 amide bonds. The van der Waals surface area contributed by atoms with E-state index in [1.807, 2.05) is 64.2 Å². The predicted molar refractivity (Wildman–Crippen MR) is 120 cm³/mol. The van der Waals surface area contributed by atoms with Crippen LogP contribution in [0.4, 0.5) is 0 Å². The third kappa shape index (κ3) is 4.42. The molecule has 0 spiro atoms. The largest absolute Gasteiger partial charge is 0.496 e. The fourth-order valence-corrected chi connectivity index (χ4v) is 5.26. The fraction of sp³-hybridized carbons (Fsp3) is 0.304. The Balaban J connectivity index is 1.59. The first kappa shape index (κ1) is 20.6. The molecule has 1 aliphatic rings. The summed E-state index contributed by atoms with van der Waals surface area (Å²) in [6.07, 6.45) is 1.54. The zero-order valence-electron chi connectivity index (χ0n) is 16.8. The Morgan fingerprint density at radius 2 is 1.87 bits per heavy atom. The monoisotopic (exact) mass is 440 g/mol. The van der Waals surface area contributed by atoms with Crippen molar-refractivity contribution < 1.29 is 14.3 Å². The van der Waals surface area contributed by atoms with Gasteiger partial charge in [0.1, 0.15) is 11.8 Å². The molecule has 3 aromatic rings. The lowest BCUT2D eigenvalue weighted by molar-refractivity contribution is -0.136. The average Bonchev–Trinajstić information content (AvgIpc) is 3.55. The van der Waals surface area contributed by atoms with Crippen LogP contribution in [0.2, 0.25) is 0 Å². The Morgan fingerprint density at radius 3 is 2.60 bits per heavy atom. The van der Waals surface area contributed by atoms with Gasteiger partial charge in [0.2, 0.25) is 5.91 Å². The van der Waals surface area contributed by atoms with E-state index in [-0.39, 0.29) is 11.8 Å². The number of hydrogen-bond acceptors (Lipinski definition) is 5. The molecule has 7 heteroatoms. The number of carbonyl (C=O) groups is 2. The molecule has 1 saturated heterocycles. The van der Waals surface area contributed by atoms with E-state index < -0.39 is 6.04 Å². The molecule has 1 unspecified atom stereocenters. The van der Waals surface area contributed by atoms with Crippen LogP contribution in [-0.4, -0.2) is 41.3 Å². The van der Waals surface area contributed by atoms with Gasteiger partial charge in [0.05, 0.1) is 18.5 Å². The highest BCUT2D eigenvalue weighted by atomic mass is 32.1. The number of nitrogens with zero attached hydrogens (tertiary/aromatic N) is 2. The summed E-state index contributed by atoms with van der Waals surface area (Å²) in [5.41, 5.74) is 0.957. The molecule has 5 nitrogen and oxygen atoms in total. The number of rotatable bonds is 7. The van der Waals surface area contributed by atoms with E-state index in [1.54, 1.807) is 23.3 Å². The van der Waals surface area contributed by atoms with Crippen LogP contribution in [0.5, 0.6) is 5.75 Å². The lowest BCUT2D eigenvalue weighted by Crippen LogP contribution is -2.47. The number of likely N-dealkylation sites (tertiary alicyclic amines) is 1. The predicted octanol–water partition coefficient (Wildman–Crippen LogP) is 4.65. The summed E-state index contributed by atoms with van der Waals surface area (Å²) in [6.45, 7) is 1.58. The molecule has 1 fully saturated rings. The van der Waals surface area contributed by atoms with Crippen LogP contribution in [-0.2, 0) is 17.9 Å². The van der Waals surface area contributed by atoms with Crippen molar-refractivity contribution in [1.82, 2.24) is 9.80 Å². The van der Waals surface area contributed by atoms with Gasteiger partial charge in [0.15, 0.2) is 0 Å². The van der Waals surface area contributed by atoms with Crippen LogP contribution in [0.1, 0.15) is 33.0 Å². The van der Waals surface area contributed by atoms with Gasteiger partial charge in [-0.3, -0.25) is 9.59 Å². The molecule has 3 heterocycles. The maximum Gasteiger partial charge on any atom is 0.264 e. The highest BCUT2D eigenvalue weighted by molar-refractivity contribution is 7.12. The molecular weight excluding hydrogens is 416 g/mol. The summed E-state index contributed by atoms with van der Waals surface area (Å²) in [5, 5.41) is 3.91. The number of benzene rings is 1. The van der Waals surface area contributed by atoms with Crippen molar-refractivity contribution in [2.24, 2.45) is 0 Å². The van der Waals surface area contributed by atoms with Gasteiger partial charge in [-0.25, -0.2) is 0 Å². The van der Waals surface area contributed by atoms with Crippen molar-refractivity contribution in [2.45, 2.75) is 32.0 Å². The zero-order chi connectivity index (χ0) is 20.9. The Kier molecular flexibility index (Phi) is 6.50. The van der Waals surface area contributed by atoms with Crippen LogP contribution in [0.15, 0.2) is 59.3 Å². The Bertz CT molecular complexity index is 986. The normalized spacial score (nSPS) is 15.9. The molecule has 0 N–H and O–H groups in total. The van der Waals surface area contributed by atoms with Crippen LogP contribution in [0.25, 0.3) is 0 Å². The fourth-order valence-electron chi connectivity index (χ4n) is 3.86. The summed E-state index contributed by atoms with van der Waals surface area (Å²) >= 11 is 3.05. The minimum absolute atomic E-state index is 0.00304. The third-order valence-corrected chi connectivity index (χ3v) is 7.04. The van der Waals surface area contributed by atoms with Gasteiger partial charge in [0, 0.05) is 23.5 Å². The van der Waals surface area contributed by atoms with Crippen molar-refractivity contribution in [2.75, 3.05) is 13.7 Å². The van der Waals surface area contributed by atoms with E-state index in [2.05, 4.69) is 0 Å². The van der Waals surface area contributed by atoms with Crippen LogP contribution < -0.4 is 4.74 Å². The number of methoxy groups -OCH3 is 1. The number of ether oxygens (including phenoxy) is 1. The van der Waals surface area contributed by atoms with Crippen LogP contribution in [0, 0.1) is 0 Å². The Morgan fingerprint density at radius 1 is 1.07 bits per heavy atom. The first-order valence-electron chi connectivity index (χ1n) is 9.95. The molecule has 0 radical (unpaired) electrons. The standard InChI is InChI=1S/C23H24N2O3S2/c1-28-20-10-3-2-7-17(20)15-24(16-18-8-5-13-29-18)22(26)19-9-4-12-25(19)23(27)21-11-6-14-30-21/h2-3,5-8,10-11,13-14,19H,4,9,12,15-16H2,1H3. The van der Waals surface area contributed by atoms with Crippen molar-refractivity contribution in [3.63, 3.8) is 0 Å². The molecular formula is C23H24N2O3S2. The van der Waals surface area contributed by atoms with Gasteiger partial charge in [-0.1, -0.05) is 30.3 Å². The second-order valence-corrected chi connectivity index (χ2v) is 9.20. The minimum Gasteiger partial charge on any atom is -0.496 e. The second-order valence-electron chi connectivity index (χ2n) is 7.22. The van der Waals surface area contributed by atoms with E-state index in [0.29, 0.717) is 30.9 Å². The Labute approximate surface area is 184 Å². The number of amides is 2. The minimum atomic E-state index is -0.422. The lowest BCUT2D eigenvalue weighted by Gasteiger charge is -2.30. The molecule has 1 atom stereocenters. The van der Waals surface area contributed by atoms with Gasteiger partial charge in [-0.15, -0.1) is 22.7 Å². The van der Waals surface area contributed by atoms with Crippen molar-refractivity contribution >= 4 is 34.5 Å². The molecule has 156 valence electrons. The van der Waals surface area contributed by atoms with Gasteiger partial charge in [0.25, 0.3) is 5.91 Å². The average molecular weight is 441 g/mol. The first-order chi connectivity index (χ1) is 14.7. The third-order valence-electron chi connectivity index (χ3n) is 5.32. The van der Waals surface area contributed by atoms with E-state index in [9.17, 15) is 9.59 Å². The quantitative estimate of drug-likeness (QED) is 0.537. The molecule has 0 aliphatic carbocycles. The van der Waals surface area contributed by atoms with Gasteiger partial charge < -0.3 is 14.5 Å². The van der Waals surface area contributed by atoms with E-state index in [0.717, 1.165) is 22.6 Å². The molecule has 0 bridgehead atoms. The highest BCUT2D eigenvalue weighted by Crippen LogP contribution is 2.27. The summed E-state index contributed by atoms with van der Waals surface area (Å²) in [7, 11) is 1.64. The van der Waals surface area contributed by atoms with Crippen molar-refractivity contribution in [3.05, 3.63) is 74.6 Å². The van der Waals surface area contributed by atoms with Gasteiger partial charge in [-0.05, 0) is 41.8 Å². The summed E-state index contributed by atoms with van der Waals surface area (Å²) in [5.74, 6) is 0.713. The first-order valence-corrected chi connectivity index (χ1v) is 11.7. The van der Waals surface area contributed by atoms with Crippen molar-refractivity contribution in [1.29, 1.82) is 0 Å². The molecule has 2 aromatic heterocycles. The number of hydrogen-bond donors (Lipinski definition) is 0. The van der Waals surface area contributed by atoms with E-state index in [1.165, 1.54) is 11.3 Å². The smallest absolute Gasteiger partial charge is 0.264 e. The molecule has 1 aromatic carbocycles. The molecule has 1 aliphatic heterocycles. The van der Waals surface area contributed by atoms with Gasteiger partial charge >= 0.3 is 0 Å². The number of thiophene rings is 2. The summed E-state index contributed by atoms with van der Waals surface area (Å²) < 4.78 is 5.50. The summed E-state index contributed by atoms with van der Waals surface area (Å²) in [6, 6.07) is 15.1. The second kappa shape index (κ2) is 9.45. The lowest BCUT2D eigenvalue weighted by atomic mass is 10.1. The maximum absolute atomic E-state index is 13.7. The van der Waals surface area contributed by atoms with Crippen LogP contribution >= 0.6 is 22.7 Å². The maximum atomic E-state index is 13.7. The summed E-state index contributed by atoms with van der Waals surface area (Å²) in [4.78, 5) is 32.0. The molecule has 30 heavy (non-hydrogen) atoms. The van der Waals surface area contributed by atoms with Crippen LogP contribution in [0.3, 0.4) is 0 Å². The zero-order valence-corrected chi connectivity index (χ0v) is 18.5. The SMILES string of the molecule is COc1ccccc1CN(Cc1cccs1)C(=O)C1CCCN1C(=O)c1cccs1. The highest BCUT2D eigenvalue weighted by Gasteiger charge is 2.37. The number of para-hydroxylation sites is 1. The van der Waals surface area contributed by atoms with Crippen molar-refractivity contribution in [3.8, 4) is 5.75 Å². The topological polar surface area (TPSA) is 49.9 Å². The Hall–Kier alpha value is -2.64. The molecule has 0 saturated carbocycles. The molecule has 4 rings (SSSR count). The van der Waals surface area contributed by atoms with Gasteiger partial charge in [-0.2, -0.15) is 0 Å². The van der Waals surface area contributed by atoms with E-state index in [4.69, 9.17) is 4.74 Å². The number of carbonyl (C=O) groups excluding carboxylic acids is 2.